The van der Waals surface area contributed by atoms with E-state index in [1.54, 1.807) is 24.6 Å². The number of oxazole rings is 1. The van der Waals surface area contributed by atoms with Gasteiger partial charge in [-0.3, -0.25) is 4.99 Å². The van der Waals surface area contributed by atoms with Crippen molar-refractivity contribution in [3.05, 3.63) is 59.3 Å². The van der Waals surface area contributed by atoms with Gasteiger partial charge in [0.1, 0.15) is 17.9 Å². The minimum Gasteiger partial charge on any atom is -0.443 e. The molecule has 0 unspecified atom stereocenters. The first-order valence-electron chi connectivity index (χ1n) is 9.28. The smallest absolute Gasteiger partial charge is 0.236 e. The quantitative estimate of drug-likeness (QED) is 0.520. The number of hydrogen-bond acceptors (Lipinski definition) is 5. The maximum absolute atomic E-state index is 14.0. The molecule has 152 valence electrons. The molecule has 0 radical (unpaired) electrons. The molecule has 0 amide bonds. The van der Waals surface area contributed by atoms with Crippen molar-refractivity contribution in [2.24, 2.45) is 4.99 Å². The molecular formula is C20H21F2N5OS. The third kappa shape index (κ3) is 4.40. The average molecular weight is 417 g/mol. The SMILES string of the molecule is CN=C(NCc1coc(-c2cccs2)n1)N1CCN(c2cc(F)ccc2F)CC1. The van der Waals surface area contributed by atoms with Crippen molar-refractivity contribution in [1.29, 1.82) is 0 Å². The van der Waals surface area contributed by atoms with Crippen molar-refractivity contribution in [1.82, 2.24) is 15.2 Å². The van der Waals surface area contributed by atoms with Crippen molar-refractivity contribution in [2.75, 3.05) is 38.1 Å². The van der Waals surface area contributed by atoms with Gasteiger partial charge in [0.15, 0.2) is 5.96 Å². The van der Waals surface area contributed by atoms with E-state index in [1.165, 1.54) is 12.1 Å². The normalized spacial score (nSPS) is 15.1. The minimum absolute atomic E-state index is 0.302. The van der Waals surface area contributed by atoms with E-state index in [2.05, 4.69) is 20.2 Å². The molecule has 6 nitrogen and oxygen atoms in total. The van der Waals surface area contributed by atoms with Gasteiger partial charge < -0.3 is 19.5 Å². The van der Waals surface area contributed by atoms with E-state index in [0.717, 1.165) is 22.6 Å². The largest absolute Gasteiger partial charge is 0.443 e. The number of nitrogens with zero attached hydrogens (tertiary/aromatic N) is 4. The first kappa shape index (κ1) is 19.4. The second-order valence-electron chi connectivity index (χ2n) is 6.59. The number of benzene rings is 1. The number of halogens is 2. The second kappa shape index (κ2) is 8.60. The summed E-state index contributed by atoms with van der Waals surface area (Å²) in [6, 6.07) is 7.47. The van der Waals surface area contributed by atoms with Crippen LogP contribution in [0.2, 0.25) is 0 Å². The molecule has 1 aliphatic rings. The van der Waals surface area contributed by atoms with Crippen LogP contribution in [-0.2, 0) is 6.54 Å². The van der Waals surface area contributed by atoms with Gasteiger partial charge in [0.25, 0.3) is 0 Å². The molecule has 0 bridgehead atoms. The van der Waals surface area contributed by atoms with Crippen molar-refractivity contribution in [3.8, 4) is 10.8 Å². The molecule has 3 aromatic rings. The lowest BCUT2D eigenvalue weighted by Gasteiger charge is -2.37. The Balaban J connectivity index is 1.33. The van der Waals surface area contributed by atoms with Crippen LogP contribution in [0.4, 0.5) is 14.5 Å². The summed E-state index contributed by atoms with van der Waals surface area (Å²) in [5, 5.41) is 5.27. The van der Waals surface area contributed by atoms with Gasteiger partial charge in [-0.05, 0) is 23.6 Å². The molecule has 1 saturated heterocycles. The zero-order valence-corrected chi connectivity index (χ0v) is 16.8. The Bertz CT molecular complexity index is 981. The number of nitrogens with one attached hydrogen (secondary N) is 1. The van der Waals surface area contributed by atoms with E-state index in [9.17, 15) is 8.78 Å². The van der Waals surface area contributed by atoms with Crippen LogP contribution in [0.1, 0.15) is 5.69 Å². The van der Waals surface area contributed by atoms with Gasteiger partial charge in [-0.2, -0.15) is 0 Å². The van der Waals surface area contributed by atoms with E-state index in [0.29, 0.717) is 44.3 Å². The van der Waals surface area contributed by atoms with Crippen molar-refractivity contribution < 1.29 is 13.2 Å². The van der Waals surface area contributed by atoms with Gasteiger partial charge in [0, 0.05) is 39.3 Å². The number of hydrogen-bond donors (Lipinski definition) is 1. The van der Waals surface area contributed by atoms with E-state index in [-0.39, 0.29) is 0 Å². The Kier molecular flexibility index (Phi) is 5.75. The number of anilines is 1. The molecule has 4 rings (SSSR count). The first-order chi connectivity index (χ1) is 14.1. The summed E-state index contributed by atoms with van der Waals surface area (Å²) in [6.07, 6.45) is 1.64. The number of aliphatic imine (C=N–C) groups is 1. The Morgan fingerprint density at radius 3 is 2.79 bits per heavy atom. The highest BCUT2D eigenvalue weighted by Crippen LogP contribution is 2.24. The van der Waals surface area contributed by atoms with E-state index >= 15 is 0 Å². The Labute approximate surface area is 171 Å². The third-order valence-corrected chi connectivity index (χ3v) is 5.61. The van der Waals surface area contributed by atoms with Crippen molar-refractivity contribution >= 4 is 23.0 Å². The molecule has 9 heteroatoms. The van der Waals surface area contributed by atoms with Crippen LogP contribution in [0.25, 0.3) is 10.8 Å². The summed E-state index contributed by atoms with van der Waals surface area (Å²) in [5.74, 6) is 0.508. The lowest BCUT2D eigenvalue weighted by Crippen LogP contribution is -2.52. The highest BCUT2D eigenvalue weighted by molar-refractivity contribution is 7.13. The first-order valence-corrected chi connectivity index (χ1v) is 10.2. The van der Waals surface area contributed by atoms with Crippen molar-refractivity contribution in [2.45, 2.75) is 6.54 Å². The third-order valence-electron chi connectivity index (χ3n) is 4.75. The van der Waals surface area contributed by atoms with Gasteiger partial charge in [-0.1, -0.05) is 6.07 Å². The highest BCUT2D eigenvalue weighted by Gasteiger charge is 2.22. The number of guanidine groups is 1. The molecule has 2 aromatic heterocycles. The van der Waals surface area contributed by atoms with Crippen LogP contribution in [0.3, 0.4) is 0 Å². The number of rotatable bonds is 4. The van der Waals surface area contributed by atoms with Crippen LogP contribution in [0.5, 0.6) is 0 Å². The predicted molar refractivity (Wildman–Crippen MR) is 110 cm³/mol. The number of aromatic nitrogens is 1. The van der Waals surface area contributed by atoms with Crippen LogP contribution >= 0.6 is 11.3 Å². The van der Waals surface area contributed by atoms with E-state index in [4.69, 9.17) is 4.42 Å². The molecule has 0 atom stereocenters. The standard InChI is InChI=1S/C20H21F2N5OS/c1-23-20(24-12-15-13-28-19(25-15)18-3-2-10-29-18)27-8-6-26(7-9-27)17-11-14(21)4-5-16(17)22/h2-5,10-11,13H,6-9,12H2,1H3,(H,23,24). The summed E-state index contributed by atoms with van der Waals surface area (Å²) in [4.78, 5) is 13.8. The van der Waals surface area contributed by atoms with Crippen LogP contribution in [0.15, 0.2) is 51.4 Å². The number of thiophene rings is 1. The molecule has 0 aliphatic carbocycles. The fourth-order valence-electron chi connectivity index (χ4n) is 3.29. The van der Waals surface area contributed by atoms with Gasteiger partial charge in [0.2, 0.25) is 5.89 Å². The van der Waals surface area contributed by atoms with E-state index in [1.807, 2.05) is 22.4 Å². The topological polar surface area (TPSA) is 56.9 Å². The monoisotopic (exact) mass is 417 g/mol. The van der Waals surface area contributed by atoms with Gasteiger partial charge in [0.05, 0.1) is 22.8 Å². The average Bonchev–Trinajstić information content (AvgIpc) is 3.43. The van der Waals surface area contributed by atoms with Gasteiger partial charge in [-0.25, -0.2) is 13.8 Å². The minimum atomic E-state index is -0.434. The molecule has 1 fully saturated rings. The number of piperazine rings is 1. The Morgan fingerprint density at radius 1 is 1.24 bits per heavy atom. The fraction of sp³-hybridized carbons (Fsp3) is 0.300. The van der Waals surface area contributed by atoms with Crippen LogP contribution in [-0.4, -0.2) is 49.1 Å². The zero-order chi connectivity index (χ0) is 20.2. The molecule has 0 saturated carbocycles. The predicted octanol–water partition coefficient (Wildman–Crippen LogP) is 3.58. The maximum Gasteiger partial charge on any atom is 0.236 e. The molecule has 1 N–H and O–H groups in total. The van der Waals surface area contributed by atoms with Crippen LogP contribution in [0, 0.1) is 11.6 Å². The zero-order valence-electron chi connectivity index (χ0n) is 15.9. The lowest BCUT2D eigenvalue weighted by atomic mass is 10.2. The summed E-state index contributed by atoms with van der Waals surface area (Å²) < 4.78 is 33.0. The summed E-state index contributed by atoms with van der Waals surface area (Å²) in [5.41, 5.74) is 1.09. The Morgan fingerprint density at radius 2 is 2.07 bits per heavy atom. The second-order valence-corrected chi connectivity index (χ2v) is 7.54. The van der Waals surface area contributed by atoms with Crippen molar-refractivity contribution in [3.63, 3.8) is 0 Å². The molecular weight excluding hydrogens is 396 g/mol. The summed E-state index contributed by atoms with van der Waals surface area (Å²) in [7, 11) is 1.72. The molecule has 29 heavy (non-hydrogen) atoms. The van der Waals surface area contributed by atoms with Gasteiger partial charge >= 0.3 is 0 Å². The van der Waals surface area contributed by atoms with E-state index < -0.39 is 11.6 Å². The Hall–Kier alpha value is -2.94. The molecule has 1 aromatic carbocycles. The molecule has 0 spiro atoms. The fourth-order valence-corrected chi connectivity index (χ4v) is 3.95. The lowest BCUT2D eigenvalue weighted by molar-refractivity contribution is 0.370. The summed E-state index contributed by atoms with van der Waals surface area (Å²) >= 11 is 1.58. The van der Waals surface area contributed by atoms with Gasteiger partial charge in [-0.15, -0.1) is 11.3 Å². The summed E-state index contributed by atoms with van der Waals surface area (Å²) in [6.45, 7) is 2.94. The molecule has 1 aliphatic heterocycles. The molecule has 3 heterocycles. The highest BCUT2D eigenvalue weighted by atomic mass is 32.1. The van der Waals surface area contributed by atoms with Crippen LogP contribution < -0.4 is 10.2 Å². The maximum atomic E-state index is 14.0.